The minimum absolute atomic E-state index is 0.00416. The van der Waals surface area contributed by atoms with Crippen molar-refractivity contribution >= 4 is 15.9 Å². The smallest absolute Gasteiger partial charge is 0.264 e. The van der Waals surface area contributed by atoms with Crippen LogP contribution in [0.1, 0.15) is 23.7 Å². The molecule has 0 aromatic heterocycles. The zero-order valence-corrected chi connectivity index (χ0v) is 11.4. The Kier molecular flexibility index (Phi) is 3.96. The maximum absolute atomic E-state index is 13.4. The molecule has 0 saturated heterocycles. The first-order valence-electron chi connectivity index (χ1n) is 5.85. The number of hydrogen-bond donors (Lipinski definition) is 1. The molecule has 20 heavy (non-hydrogen) atoms. The van der Waals surface area contributed by atoms with Crippen LogP contribution >= 0.6 is 0 Å². The topological polar surface area (TPSA) is 89.9 Å². The van der Waals surface area contributed by atoms with Gasteiger partial charge in [-0.3, -0.25) is 9.35 Å². The fourth-order valence-electron chi connectivity index (χ4n) is 1.88. The van der Waals surface area contributed by atoms with Crippen LogP contribution in [0, 0.1) is 5.82 Å². The van der Waals surface area contributed by atoms with Crippen molar-refractivity contribution < 1.29 is 31.6 Å². The van der Waals surface area contributed by atoms with E-state index in [1.54, 1.807) is 0 Å². The molecule has 0 aliphatic carbocycles. The van der Waals surface area contributed by atoms with Crippen molar-refractivity contribution in [1.82, 2.24) is 0 Å². The maximum atomic E-state index is 13.4. The van der Waals surface area contributed by atoms with Crippen LogP contribution in [0.3, 0.4) is 0 Å². The molecule has 1 aromatic carbocycles. The summed E-state index contributed by atoms with van der Waals surface area (Å²) in [5.74, 6) is -1.27. The molecule has 1 N–H and O–H groups in total. The van der Waals surface area contributed by atoms with E-state index in [2.05, 4.69) is 0 Å². The number of benzene rings is 1. The number of fused-ring (bicyclic) bond motifs is 1. The number of ether oxygens (including phenoxy) is 2. The van der Waals surface area contributed by atoms with Crippen molar-refractivity contribution in [3.05, 3.63) is 23.5 Å². The summed E-state index contributed by atoms with van der Waals surface area (Å²) < 4.78 is 54.2. The number of ketones is 1. The number of carbonyl (C=O) groups excluding carboxylic acids is 1. The number of Topliss-reactive ketones (excluding diaryl/α,β-unsaturated/α-hetero) is 1. The highest BCUT2D eigenvalue weighted by molar-refractivity contribution is 7.85. The minimum Gasteiger partial charge on any atom is -0.485 e. The van der Waals surface area contributed by atoms with E-state index in [0.29, 0.717) is 0 Å². The third-order valence-corrected chi connectivity index (χ3v) is 3.56. The minimum atomic E-state index is -4.09. The van der Waals surface area contributed by atoms with Crippen LogP contribution in [-0.4, -0.2) is 37.2 Å². The Balaban J connectivity index is 2.20. The van der Waals surface area contributed by atoms with Gasteiger partial charge in [-0.15, -0.1) is 0 Å². The van der Waals surface area contributed by atoms with E-state index in [-0.39, 0.29) is 35.9 Å². The van der Waals surface area contributed by atoms with Crippen molar-refractivity contribution in [1.29, 1.82) is 0 Å². The monoisotopic (exact) mass is 304 g/mol. The second-order valence-electron chi connectivity index (χ2n) is 4.46. The summed E-state index contributed by atoms with van der Waals surface area (Å²) in [5.41, 5.74) is 0.0771. The molecule has 8 heteroatoms. The van der Waals surface area contributed by atoms with Crippen LogP contribution in [-0.2, 0) is 10.1 Å². The molecule has 1 aromatic rings. The fraction of sp³-hybridized carbons (Fsp3) is 0.417. The number of rotatable bonds is 4. The van der Waals surface area contributed by atoms with Gasteiger partial charge in [-0.25, -0.2) is 4.39 Å². The van der Waals surface area contributed by atoms with Crippen molar-refractivity contribution in [2.45, 2.75) is 19.4 Å². The van der Waals surface area contributed by atoms with E-state index < -0.39 is 27.8 Å². The molecule has 0 radical (unpaired) electrons. The Labute approximate surface area is 115 Å². The Morgan fingerprint density at radius 1 is 1.50 bits per heavy atom. The van der Waals surface area contributed by atoms with E-state index in [0.717, 1.165) is 12.1 Å². The Morgan fingerprint density at radius 2 is 2.20 bits per heavy atom. The number of halogens is 1. The lowest BCUT2D eigenvalue weighted by Gasteiger charge is -2.27. The highest BCUT2D eigenvalue weighted by atomic mass is 32.2. The second kappa shape index (κ2) is 5.37. The van der Waals surface area contributed by atoms with Gasteiger partial charge in [0.15, 0.2) is 17.3 Å². The summed E-state index contributed by atoms with van der Waals surface area (Å²) in [7, 11) is -4.09. The highest BCUT2D eigenvalue weighted by Gasteiger charge is 2.26. The molecule has 2 rings (SSSR count). The molecular formula is C12H13FO6S. The summed E-state index contributed by atoms with van der Waals surface area (Å²) in [6, 6.07) is 2.13. The third kappa shape index (κ3) is 3.45. The molecular weight excluding hydrogens is 291 g/mol. The Bertz CT molecular complexity index is 640. The van der Waals surface area contributed by atoms with Crippen LogP contribution in [0.25, 0.3) is 0 Å². The normalized spacial score (nSPS) is 17.9. The fourth-order valence-corrected chi connectivity index (χ4v) is 2.44. The van der Waals surface area contributed by atoms with Crippen LogP contribution in [0.15, 0.2) is 12.1 Å². The first-order chi connectivity index (χ1) is 9.26. The van der Waals surface area contributed by atoms with Crippen LogP contribution in [0.5, 0.6) is 11.5 Å². The van der Waals surface area contributed by atoms with E-state index in [1.165, 1.54) is 6.92 Å². The predicted octanol–water partition coefficient (Wildman–Crippen LogP) is 1.45. The summed E-state index contributed by atoms with van der Waals surface area (Å²) >= 11 is 0. The summed E-state index contributed by atoms with van der Waals surface area (Å²) in [5, 5.41) is 0. The van der Waals surface area contributed by atoms with Gasteiger partial charge in [0.05, 0.1) is 11.3 Å². The van der Waals surface area contributed by atoms with E-state index in [1.807, 2.05) is 0 Å². The number of hydrogen-bond acceptors (Lipinski definition) is 5. The van der Waals surface area contributed by atoms with Gasteiger partial charge in [0.2, 0.25) is 0 Å². The van der Waals surface area contributed by atoms with Crippen molar-refractivity contribution in [3.63, 3.8) is 0 Å². The molecule has 1 aliphatic heterocycles. The summed E-state index contributed by atoms with van der Waals surface area (Å²) in [6.45, 7) is 1.30. The summed E-state index contributed by atoms with van der Waals surface area (Å²) in [4.78, 5) is 11.4. The second-order valence-corrected chi connectivity index (χ2v) is 6.03. The predicted molar refractivity (Wildman–Crippen MR) is 67.3 cm³/mol. The molecule has 6 nitrogen and oxygen atoms in total. The van der Waals surface area contributed by atoms with E-state index in [9.17, 15) is 17.6 Å². The van der Waals surface area contributed by atoms with Crippen molar-refractivity contribution in [3.8, 4) is 11.5 Å². The molecule has 0 saturated carbocycles. The van der Waals surface area contributed by atoms with Gasteiger partial charge in [-0.2, -0.15) is 8.42 Å². The van der Waals surface area contributed by atoms with Gasteiger partial charge < -0.3 is 9.47 Å². The Morgan fingerprint density at radius 3 is 2.80 bits per heavy atom. The average molecular weight is 304 g/mol. The quantitative estimate of drug-likeness (QED) is 0.669. The summed E-state index contributed by atoms with van der Waals surface area (Å²) in [6.07, 6.45) is -0.629. The first-order valence-corrected chi connectivity index (χ1v) is 7.46. The molecule has 110 valence electrons. The molecule has 0 fully saturated rings. The highest BCUT2D eigenvalue weighted by Crippen LogP contribution is 2.37. The van der Waals surface area contributed by atoms with Crippen molar-refractivity contribution in [2.75, 3.05) is 12.4 Å². The van der Waals surface area contributed by atoms with E-state index >= 15 is 0 Å². The van der Waals surface area contributed by atoms with Gasteiger partial charge in [0.1, 0.15) is 18.5 Å². The lowest BCUT2D eigenvalue weighted by Crippen LogP contribution is -2.31. The van der Waals surface area contributed by atoms with Gasteiger partial charge in [0, 0.05) is 12.5 Å². The lowest BCUT2D eigenvalue weighted by atomic mass is 10.1. The van der Waals surface area contributed by atoms with Gasteiger partial charge in [-0.1, -0.05) is 0 Å². The van der Waals surface area contributed by atoms with Crippen molar-refractivity contribution in [2.24, 2.45) is 0 Å². The standard InChI is InChI=1S/C12H13FO6S/c1-7(14)10-4-8(13)5-11-12(10)18-6-9(19-11)2-3-20(15,16)17/h4-5,9H,2-3,6H2,1H3,(H,15,16,17)/t9-/m1/s1. The SMILES string of the molecule is CC(=O)c1cc(F)cc2c1OC[C@@H](CCS(=O)(=O)O)O2. The van der Waals surface area contributed by atoms with Gasteiger partial charge >= 0.3 is 0 Å². The largest absolute Gasteiger partial charge is 0.485 e. The number of carbonyl (C=O) groups is 1. The molecule has 1 atom stereocenters. The first kappa shape index (κ1) is 14.7. The molecule has 0 bridgehead atoms. The maximum Gasteiger partial charge on any atom is 0.264 e. The molecule has 1 heterocycles. The molecule has 0 amide bonds. The van der Waals surface area contributed by atoms with Gasteiger partial charge in [0.25, 0.3) is 10.1 Å². The van der Waals surface area contributed by atoms with Crippen LogP contribution in [0.2, 0.25) is 0 Å². The molecule has 0 spiro atoms. The van der Waals surface area contributed by atoms with Crippen LogP contribution < -0.4 is 9.47 Å². The van der Waals surface area contributed by atoms with Gasteiger partial charge in [-0.05, 0) is 13.0 Å². The molecule has 1 aliphatic rings. The van der Waals surface area contributed by atoms with Crippen LogP contribution in [0.4, 0.5) is 4.39 Å². The Hall–Kier alpha value is -1.67. The lowest BCUT2D eigenvalue weighted by molar-refractivity contribution is 0.0842. The third-order valence-electron chi connectivity index (χ3n) is 2.80. The average Bonchev–Trinajstić information content (AvgIpc) is 2.33. The van der Waals surface area contributed by atoms with E-state index in [4.69, 9.17) is 14.0 Å². The molecule has 0 unspecified atom stereocenters. The zero-order valence-electron chi connectivity index (χ0n) is 10.6. The zero-order chi connectivity index (χ0) is 14.9.